The Kier molecular flexibility index (Phi) is 10.5. The molecule has 0 aliphatic heterocycles. The fraction of sp³-hybridized carbons (Fsp3) is 0.436. The van der Waals surface area contributed by atoms with Crippen molar-refractivity contribution >= 4 is 23.6 Å². The zero-order valence-corrected chi connectivity index (χ0v) is 27.2. The lowest BCUT2D eigenvalue weighted by Crippen LogP contribution is -2.68. The van der Waals surface area contributed by atoms with Crippen LogP contribution < -0.4 is 15.6 Å². The maximum atomic E-state index is 2.59. The van der Waals surface area contributed by atoms with E-state index in [4.69, 9.17) is 0 Å². The summed E-state index contributed by atoms with van der Waals surface area (Å²) in [4.78, 5) is 0. The number of aryl methyl sites for hydroxylation is 3. The van der Waals surface area contributed by atoms with Crippen molar-refractivity contribution < 1.29 is 0 Å². The van der Waals surface area contributed by atoms with Crippen LogP contribution in [0.15, 0.2) is 95.7 Å². The normalized spacial score (nSPS) is 13.8. The van der Waals surface area contributed by atoms with E-state index in [1.165, 1.54) is 95.6 Å². The Morgan fingerprint density at radius 2 is 0.900 bits per heavy atom. The second-order valence-corrected chi connectivity index (χ2v) is 16.8. The third-order valence-electron chi connectivity index (χ3n) is 8.84. The molecule has 0 nitrogen and oxygen atoms in total. The van der Waals surface area contributed by atoms with Crippen LogP contribution in [0.2, 0.25) is 0 Å². The highest BCUT2D eigenvalue weighted by Gasteiger charge is 2.44. The smallest absolute Gasteiger partial charge is 0.0771 e. The summed E-state index contributed by atoms with van der Waals surface area (Å²) in [5.41, 5.74) is 6.03. The molecule has 0 saturated carbocycles. The van der Waals surface area contributed by atoms with Gasteiger partial charge in [-0.05, 0) is 88.2 Å². The van der Waals surface area contributed by atoms with Gasteiger partial charge in [0.2, 0.25) is 0 Å². The molecule has 1 heteroatoms. The molecule has 0 spiro atoms. The minimum Gasteiger partial charge on any atom is -0.0771 e. The summed E-state index contributed by atoms with van der Waals surface area (Å²) in [5.74, 6) is 0. The zero-order chi connectivity index (χ0) is 28.6. The van der Waals surface area contributed by atoms with Crippen LogP contribution in [-0.4, -0.2) is 8.07 Å². The molecule has 0 N–H and O–H groups in total. The first-order valence-electron chi connectivity index (χ1n) is 16.0. The molecule has 40 heavy (non-hydrogen) atoms. The van der Waals surface area contributed by atoms with E-state index in [0.717, 1.165) is 6.42 Å². The maximum absolute atomic E-state index is 2.59. The summed E-state index contributed by atoms with van der Waals surface area (Å²) >= 11 is 0. The van der Waals surface area contributed by atoms with Gasteiger partial charge >= 0.3 is 0 Å². The van der Waals surface area contributed by atoms with Gasteiger partial charge in [-0.25, -0.2) is 0 Å². The monoisotopic (exact) mass is 548 g/mol. The van der Waals surface area contributed by atoms with Crippen LogP contribution in [0.25, 0.3) is 0 Å². The summed E-state index contributed by atoms with van der Waals surface area (Å²) in [7, 11) is -2.46. The standard InChI is InChI=1S/C39H52Si/c1-7-10-13-31-16-23-35(24-17-31)40(38-29-22-34(30-38)39(4,5)6,36-25-18-32(19-26-36)14-11-8-2)37-27-20-33(21-28-37)15-12-9-3/h16-28,30H,7-15,29H2,1-6H3. The van der Waals surface area contributed by atoms with Crippen molar-refractivity contribution in [3.05, 3.63) is 112 Å². The molecule has 0 saturated heterocycles. The van der Waals surface area contributed by atoms with Crippen LogP contribution in [0.5, 0.6) is 0 Å². The van der Waals surface area contributed by atoms with Gasteiger partial charge in [-0.15, -0.1) is 0 Å². The minimum atomic E-state index is -2.46. The van der Waals surface area contributed by atoms with Gasteiger partial charge in [-0.1, -0.05) is 151 Å². The third kappa shape index (κ3) is 6.80. The van der Waals surface area contributed by atoms with E-state index < -0.39 is 8.07 Å². The topological polar surface area (TPSA) is 0 Å². The highest BCUT2D eigenvalue weighted by Crippen LogP contribution is 2.36. The molecule has 0 aromatic heterocycles. The lowest BCUT2D eigenvalue weighted by atomic mass is 9.87. The molecule has 0 bridgehead atoms. The van der Waals surface area contributed by atoms with Gasteiger partial charge in [0.1, 0.15) is 0 Å². The van der Waals surface area contributed by atoms with Crippen LogP contribution in [-0.2, 0) is 19.3 Å². The number of hydrogen-bond donors (Lipinski definition) is 0. The molecule has 0 heterocycles. The second kappa shape index (κ2) is 13.8. The lowest BCUT2D eigenvalue weighted by molar-refractivity contribution is 0.518. The SMILES string of the molecule is CCCCc1ccc([Si](C2=CC(C(C)(C)C)=CC2)(c2ccc(CCCC)cc2)c2ccc(CCCC)cc2)cc1. The van der Waals surface area contributed by atoms with Crippen molar-refractivity contribution in [2.75, 3.05) is 0 Å². The predicted molar refractivity (Wildman–Crippen MR) is 180 cm³/mol. The molecule has 212 valence electrons. The van der Waals surface area contributed by atoms with Crippen molar-refractivity contribution in [3.8, 4) is 0 Å². The molecule has 0 amide bonds. The Morgan fingerprint density at radius 3 is 1.18 bits per heavy atom. The Labute approximate surface area is 246 Å². The van der Waals surface area contributed by atoms with Crippen LogP contribution >= 0.6 is 0 Å². The van der Waals surface area contributed by atoms with Gasteiger partial charge in [0.05, 0.1) is 0 Å². The van der Waals surface area contributed by atoms with E-state index in [0.29, 0.717) is 0 Å². The van der Waals surface area contributed by atoms with Crippen LogP contribution in [0.3, 0.4) is 0 Å². The minimum absolute atomic E-state index is 0.153. The molecule has 0 unspecified atom stereocenters. The average Bonchev–Trinajstić information content (AvgIpc) is 3.48. The van der Waals surface area contributed by atoms with Gasteiger partial charge in [-0.2, -0.15) is 0 Å². The average molecular weight is 549 g/mol. The molecule has 4 rings (SSSR count). The number of benzene rings is 3. The molecule has 1 aliphatic carbocycles. The van der Waals surface area contributed by atoms with E-state index in [1.807, 2.05) is 0 Å². The van der Waals surface area contributed by atoms with E-state index in [2.05, 4.69) is 126 Å². The van der Waals surface area contributed by atoms with Crippen molar-refractivity contribution in [1.82, 2.24) is 0 Å². The quantitative estimate of drug-likeness (QED) is 0.148. The van der Waals surface area contributed by atoms with E-state index in [9.17, 15) is 0 Å². The predicted octanol–water partition coefficient (Wildman–Crippen LogP) is 9.03. The van der Waals surface area contributed by atoms with Crippen molar-refractivity contribution in [3.63, 3.8) is 0 Å². The Bertz CT molecular complexity index is 1140. The third-order valence-corrected chi connectivity index (χ3v) is 13.7. The summed E-state index contributed by atoms with van der Waals surface area (Å²) in [6.45, 7) is 13.9. The fourth-order valence-electron chi connectivity index (χ4n) is 6.27. The zero-order valence-electron chi connectivity index (χ0n) is 26.2. The second-order valence-electron chi connectivity index (χ2n) is 12.9. The lowest BCUT2D eigenvalue weighted by Gasteiger charge is -2.36. The summed E-state index contributed by atoms with van der Waals surface area (Å²) in [6.07, 6.45) is 17.1. The van der Waals surface area contributed by atoms with Crippen molar-refractivity contribution in [2.24, 2.45) is 5.41 Å². The van der Waals surface area contributed by atoms with Gasteiger partial charge < -0.3 is 0 Å². The Balaban J connectivity index is 1.92. The molecular formula is C39H52Si. The molecule has 3 aromatic rings. The number of allylic oxidation sites excluding steroid dienone is 4. The van der Waals surface area contributed by atoms with Gasteiger partial charge in [0.15, 0.2) is 8.07 Å². The molecule has 0 radical (unpaired) electrons. The largest absolute Gasteiger partial charge is 0.175 e. The first-order chi connectivity index (χ1) is 19.3. The van der Waals surface area contributed by atoms with Crippen LogP contribution in [0, 0.1) is 5.41 Å². The molecule has 0 atom stereocenters. The molecule has 1 aliphatic rings. The highest BCUT2D eigenvalue weighted by molar-refractivity contribution is 7.16. The summed E-state index contributed by atoms with van der Waals surface area (Å²) < 4.78 is 0. The van der Waals surface area contributed by atoms with E-state index in [1.54, 1.807) is 5.20 Å². The first kappa shape index (κ1) is 30.3. The van der Waals surface area contributed by atoms with Crippen molar-refractivity contribution in [2.45, 2.75) is 106 Å². The van der Waals surface area contributed by atoms with Crippen molar-refractivity contribution in [1.29, 1.82) is 0 Å². The van der Waals surface area contributed by atoms with Crippen LogP contribution in [0.1, 0.15) is 103 Å². The summed E-state index contributed by atoms with van der Waals surface area (Å²) in [5, 5.41) is 6.18. The highest BCUT2D eigenvalue weighted by atomic mass is 28.3. The fourth-order valence-corrected chi connectivity index (χ4v) is 11.2. The summed E-state index contributed by atoms with van der Waals surface area (Å²) in [6, 6.07) is 29.5. The van der Waals surface area contributed by atoms with Gasteiger partial charge in [0, 0.05) is 0 Å². The molecule has 0 fully saturated rings. The van der Waals surface area contributed by atoms with Gasteiger partial charge in [0.25, 0.3) is 0 Å². The van der Waals surface area contributed by atoms with Crippen LogP contribution in [0.4, 0.5) is 0 Å². The maximum Gasteiger partial charge on any atom is 0.175 e. The first-order valence-corrected chi connectivity index (χ1v) is 18.0. The van der Waals surface area contributed by atoms with E-state index >= 15 is 0 Å². The van der Waals surface area contributed by atoms with Gasteiger partial charge in [-0.3, -0.25) is 0 Å². The molecular weight excluding hydrogens is 497 g/mol. The Morgan fingerprint density at radius 1 is 0.550 bits per heavy atom. The number of hydrogen-bond acceptors (Lipinski definition) is 0. The number of unbranched alkanes of at least 4 members (excludes halogenated alkanes) is 3. The number of rotatable bonds is 13. The Hall–Kier alpha value is -2.64. The molecule has 3 aromatic carbocycles. The van der Waals surface area contributed by atoms with E-state index in [-0.39, 0.29) is 5.41 Å².